The molecule has 2 spiro atoms. The van der Waals surface area contributed by atoms with Gasteiger partial charge in [0.15, 0.2) is 30.9 Å². The van der Waals surface area contributed by atoms with Gasteiger partial charge < -0.3 is 63.4 Å². The van der Waals surface area contributed by atoms with Gasteiger partial charge in [0.2, 0.25) is 0 Å². The third kappa shape index (κ3) is 7.10. The number of ether oxygens (including phenoxy) is 8. The van der Waals surface area contributed by atoms with Crippen LogP contribution in [0.5, 0.6) is 0 Å². The Morgan fingerprint density at radius 3 is 1.94 bits per heavy atom. The number of aliphatic hydroxyl groups is 5. The number of hydrogen-bond acceptors (Lipinski definition) is 16. The molecule has 0 radical (unpaired) electrons. The van der Waals surface area contributed by atoms with Crippen molar-refractivity contribution in [2.75, 3.05) is 13.2 Å². The van der Waals surface area contributed by atoms with Crippen LogP contribution in [0.4, 0.5) is 0 Å². The summed E-state index contributed by atoms with van der Waals surface area (Å²) < 4.78 is 49.5. The Kier molecular flexibility index (Phi) is 11.7. The number of fused-ring (bicyclic) bond motifs is 2. The first kappa shape index (κ1) is 46.5. The highest BCUT2D eigenvalue weighted by Gasteiger charge is 2.85. The maximum atomic E-state index is 12.5. The largest absolute Gasteiger partial charge is 0.456 e. The van der Waals surface area contributed by atoms with Crippen LogP contribution in [0.25, 0.3) is 0 Å². The van der Waals surface area contributed by atoms with Crippen LogP contribution in [-0.2, 0) is 52.3 Å². The van der Waals surface area contributed by atoms with Gasteiger partial charge in [-0.2, -0.15) is 0 Å². The van der Waals surface area contributed by atoms with Gasteiger partial charge in [-0.25, -0.2) is 0 Å². The van der Waals surface area contributed by atoms with E-state index in [-0.39, 0.29) is 58.7 Å². The first-order valence-corrected chi connectivity index (χ1v) is 22.9. The topological polar surface area (TPSA) is 226 Å². The van der Waals surface area contributed by atoms with Crippen molar-refractivity contribution >= 4 is 17.9 Å². The van der Waals surface area contributed by atoms with E-state index < -0.39 is 102 Å². The standard InChI is InChI=1S/C46H72O16/c1-22(47)57-28-20-56-39(35(59-24(3)49)34(28)58-23(2)48)61-30-12-14-46-21-45(46)16-15-42(8)36(44(10)13-11-31(62-44)41(6,7)54)25(50)18-43(42,9)29(45)17-27(37(46)40(30,4)5)60-38-33(53)32(52)26(51)19-55-38/h25-39,50-54H,11-21H2,1-10H3/t25-,26+,27-,28+,29-,30-,31-,32-,33+,34-,35+,36-,37-,38-,39-,42+,43-,44+,45-,46+/m0/s1. The van der Waals surface area contributed by atoms with Crippen molar-refractivity contribution in [3.8, 4) is 0 Å². The van der Waals surface area contributed by atoms with Crippen molar-refractivity contribution in [3.63, 3.8) is 0 Å². The van der Waals surface area contributed by atoms with Gasteiger partial charge in [-0.3, -0.25) is 14.4 Å². The van der Waals surface area contributed by atoms with Crippen LogP contribution in [-0.4, -0.2) is 141 Å². The average molecular weight is 881 g/mol. The Hall–Kier alpha value is -1.99. The van der Waals surface area contributed by atoms with E-state index in [1.54, 1.807) is 13.8 Å². The number of rotatable bonds is 9. The van der Waals surface area contributed by atoms with Crippen molar-refractivity contribution in [2.45, 2.75) is 212 Å². The summed E-state index contributed by atoms with van der Waals surface area (Å²) in [5, 5.41) is 55.7. The second kappa shape index (κ2) is 15.5. The van der Waals surface area contributed by atoms with E-state index in [1.807, 2.05) is 0 Å². The Labute approximate surface area is 364 Å². The molecule has 0 amide bonds. The van der Waals surface area contributed by atoms with Gasteiger partial charge in [0.1, 0.15) is 18.3 Å². The van der Waals surface area contributed by atoms with Crippen LogP contribution < -0.4 is 0 Å². The van der Waals surface area contributed by atoms with Gasteiger partial charge in [-0.15, -0.1) is 0 Å². The minimum absolute atomic E-state index is 0.0866. The zero-order valence-electron chi connectivity index (χ0n) is 38.2. The summed E-state index contributed by atoms with van der Waals surface area (Å²) in [6.45, 7) is 17.9. The minimum Gasteiger partial charge on any atom is -0.456 e. The minimum atomic E-state index is -1.50. The number of hydrogen-bond donors (Lipinski definition) is 5. The maximum Gasteiger partial charge on any atom is 0.303 e. The molecular formula is C46H72O16. The highest BCUT2D eigenvalue weighted by atomic mass is 16.7. The van der Waals surface area contributed by atoms with Crippen molar-refractivity contribution < 1.29 is 77.8 Å². The molecule has 0 bridgehead atoms. The predicted octanol–water partition coefficient (Wildman–Crippen LogP) is 3.08. The fraction of sp³-hybridized carbons (Fsp3) is 0.935. The first-order chi connectivity index (χ1) is 28.7. The number of carbonyl (C=O) groups is 3. The van der Waals surface area contributed by atoms with E-state index in [0.29, 0.717) is 25.7 Å². The molecule has 0 aromatic heterocycles. The van der Waals surface area contributed by atoms with Gasteiger partial charge in [-0.05, 0) is 117 Å². The third-order valence-electron chi connectivity index (χ3n) is 18.1. The highest BCUT2D eigenvalue weighted by Crippen LogP contribution is 2.89. The molecule has 8 rings (SSSR count). The van der Waals surface area contributed by atoms with Gasteiger partial charge >= 0.3 is 17.9 Å². The second-order valence-corrected chi connectivity index (χ2v) is 22.4. The second-order valence-electron chi connectivity index (χ2n) is 22.4. The molecule has 3 saturated heterocycles. The zero-order valence-corrected chi connectivity index (χ0v) is 38.2. The predicted molar refractivity (Wildman–Crippen MR) is 216 cm³/mol. The molecule has 20 atom stereocenters. The summed E-state index contributed by atoms with van der Waals surface area (Å²) in [5.74, 6) is -2.18. The summed E-state index contributed by atoms with van der Waals surface area (Å²) in [6, 6.07) is 0. The SMILES string of the molecule is CC(=O)O[C@@H]1[C@@H](OC(C)=O)[C@H](O[C@H]2CC[C@]34C[C@]35CC[C@]3(C)[C@@H]([C@@]6(C)CC[C@@H](C(C)(C)O)O6)[C@@H](O)C[C@@]3(C)[C@@H]5C[C@H](O[C@@H]3OC[C@@H](O)[C@H](O)[C@H]3O)[C@H]4C2(C)C)OC[C@H]1OC(C)=O. The third-order valence-corrected chi connectivity index (χ3v) is 18.1. The molecule has 8 aliphatic rings. The Morgan fingerprint density at radius 2 is 1.31 bits per heavy atom. The fourth-order valence-corrected chi connectivity index (χ4v) is 15.5. The lowest BCUT2D eigenvalue weighted by Crippen LogP contribution is -2.65. The monoisotopic (exact) mass is 880 g/mol. The maximum absolute atomic E-state index is 12.5. The molecule has 5 aliphatic carbocycles. The van der Waals surface area contributed by atoms with Crippen molar-refractivity contribution in [1.29, 1.82) is 0 Å². The highest BCUT2D eigenvalue weighted by molar-refractivity contribution is 5.68. The summed E-state index contributed by atoms with van der Waals surface area (Å²) >= 11 is 0. The van der Waals surface area contributed by atoms with E-state index in [0.717, 1.165) is 32.1 Å². The molecule has 0 aromatic carbocycles. The van der Waals surface area contributed by atoms with Crippen LogP contribution in [0.1, 0.15) is 127 Å². The van der Waals surface area contributed by atoms with E-state index in [4.69, 9.17) is 37.9 Å². The van der Waals surface area contributed by atoms with Crippen LogP contribution in [0.2, 0.25) is 0 Å². The van der Waals surface area contributed by atoms with E-state index >= 15 is 0 Å². The van der Waals surface area contributed by atoms with Crippen LogP contribution >= 0.6 is 0 Å². The van der Waals surface area contributed by atoms with Crippen LogP contribution in [0.15, 0.2) is 0 Å². The first-order valence-electron chi connectivity index (χ1n) is 22.9. The van der Waals surface area contributed by atoms with Gasteiger partial charge in [0.25, 0.3) is 0 Å². The van der Waals surface area contributed by atoms with Crippen LogP contribution in [0.3, 0.4) is 0 Å². The molecule has 352 valence electrons. The van der Waals surface area contributed by atoms with Crippen molar-refractivity contribution in [3.05, 3.63) is 0 Å². The normalized spacial score (nSPS) is 51.8. The van der Waals surface area contributed by atoms with E-state index in [1.165, 1.54) is 20.8 Å². The molecule has 16 heteroatoms. The van der Waals surface area contributed by atoms with Gasteiger partial charge in [0.05, 0.1) is 48.8 Å². The average Bonchev–Trinajstić information content (AvgIpc) is 3.52. The molecule has 62 heavy (non-hydrogen) atoms. The van der Waals surface area contributed by atoms with E-state index in [9.17, 15) is 39.9 Å². The lowest BCUT2D eigenvalue weighted by Gasteiger charge is -2.65. The number of carbonyl (C=O) groups excluding carboxylic acids is 3. The van der Waals surface area contributed by atoms with Gasteiger partial charge in [-0.1, -0.05) is 27.7 Å². The summed E-state index contributed by atoms with van der Waals surface area (Å²) in [6.07, 6.45) is -5.37. The molecule has 0 unspecified atom stereocenters. The number of aliphatic hydroxyl groups excluding tert-OH is 4. The molecule has 3 heterocycles. The number of esters is 3. The Bertz CT molecular complexity index is 1750. The van der Waals surface area contributed by atoms with E-state index in [2.05, 4.69) is 34.6 Å². The lowest BCUT2D eigenvalue weighted by atomic mass is 9.41. The smallest absolute Gasteiger partial charge is 0.303 e. The molecule has 5 N–H and O–H groups in total. The van der Waals surface area contributed by atoms with Crippen LogP contribution in [0, 0.1) is 44.8 Å². The Morgan fingerprint density at radius 1 is 0.661 bits per heavy atom. The molecule has 0 aromatic rings. The molecule has 3 aliphatic heterocycles. The summed E-state index contributed by atoms with van der Waals surface area (Å²) in [7, 11) is 0. The van der Waals surface area contributed by atoms with Gasteiger partial charge in [0, 0.05) is 26.7 Å². The molecular weight excluding hydrogens is 808 g/mol. The lowest BCUT2D eigenvalue weighted by molar-refractivity contribution is -0.327. The molecule has 5 saturated carbocycles. The fourth-order valence-electron chi connectivity index (χ4n) is 15.5. The molecule has 8 fully saturated rings. The molecule has 16 nitrogen and oxygen atoms in total. The van der Waals surface area contributed by atoms with Crippen molar-refractivity contribution in [2.24, 2.45) is 44.8 Å². The Balaban J connectivity index is 1.13. The zero-order chi connectivity index (χ0) is 45.3. The quantitative estimate of drug-likeness (QED) is 0.127. The van der Waals surface area contributed by atoms with Crippen molar-refractivity contribution in [1.82, 2.24) is 0 Å². The summed E-state index contributed by atoms with van der Waals surface area (Å²) in [4.78, 5) is 36.9. The summed E-state index contributed by atoms with van der Waals surface area (Å²) in [5.41, 5.74) is -3.29.